The molecule has 0 heterocycles. The maximum Gasteiger partial charge on any atom is 0.320 e. The average Bonchev–Trinajstić information content (AvgIpc) is 2.46. The first-order valence-electron chi connectivity index (χ1n) is 7.37. The first-order valence-corrected chi connectivity index (χ1v) is 7.37. The number of carbonyl (C=O) groups is 1. The first kappa shape index (κ1) is 16.5. The largest absolute Gasteiger partial charge is 0.480 e. The molecule has 0 aliphatic heterocycles. The first-order chi connectivity index (χ1) is 9.65. The number of unbranched alkanes of at least 4 members (excludes halogenated alkanes) is 1. The van der Waals surface area contributed by atoms with Gasteiger partial charge in [-0.2, -0.15) is 0 Å². The summed E-state index contributed by atoms with van der Waals surface area (Å²) in [6, 6.07) is 9.80. The van der Waals surface area contributed by atoms with Crippen molar-refractivity contribution in [2.45, 2.75) is 38.6 Å². The Bertz CT molecular complexity index is 381. The van der Waals surface area contributed by atoms with Crippen LogP contribution in [0.25, 0.3) is 0 Å². The highest BCUT2D eigenvalue weighted by molar-refractivity contribution is 5.73. The Morgan fingerprint density at radius 3 is 2.60 bits per heavy atom. The SMILES string of the molecule is CCCCC(NCCCN(C)c1ccccc1)C(=O)O. The van der Waals surface area contributed by atoms with Crippen molar-refractivity contribution in [3.05, 3.63) is 30.3 Å². The maximum atomic E-state index is 11.1. The summed E-state index contributed by atoms with van der Waals surface area (Å²) in [5.74, 6) is -0.741. The fourth-order valence-electron chi connectivity index (χ4n) is 2.13. The molecule has 0 amide bonds. The number of benzene rings is 1. The van der Waals surface area contributed by atoms with Gasteiger partial charge in [0, 0.05) is 19.3 Å². The Labute approximate surface area is 121 Å². The van der Waals surface area contributed by atoms with E-state index in [1.165, 1.54) is 5.69 Å². The van der Waals surface area contributed by atoms with Gasteiger partial charge in [0.2, 0.25) is 0 Å². The minimum absolute atomic E-state index is 0.406. The second-order valence-electron chi connectivity index (χ2n) is 5.10. The van der Waals surface area contributed by atoms with Crippen molar-refractivity contribution in [1.29, 1.82) is 0 Å². The van der Waals surface area contributed by atoms with Gasteiger partial charge in [-0.25, -0.2) is 0 Å². The standard InChI is InChI=1S/C16H26N2O2/c1-3-4-11-15(16(19)20)17-12-8-13-18(2)14-9-6-5-7-10-14/h5-7,9-10,15,17H,3-4,8,11-13H2,1-2H3,(H,19,20). The Hall–Kier alpha value is -1.55. The summed E-state index contributed by atoms with van der Waals surface area (Å²) in [5.41, 5.74) is 1.19. The molecule has 112 valence electrons. The molecule has 0 aromatic heterocycles. The number of nitrogens with zero attached hydrogens (tertiary/aromatic N) is 1. The lowest BCUT2D eigenvalue weighted by atomic mass is 10.1. The molecule has 1 aromatic carbocycles. The van der Waals surface area contributed by atoms with E-state index in [4.69, 9.17) is 5.11 Å². The van der Waals surface area contributed by atoms with Crippen LogP contribution in [0.4, 0.5) is 5.69 Å². The van der Waals surface area contributed by atoms with Crippen molar-refractivity contribution in [2.24, 2.45) is 0 Å². The van der Waals surface area contributed by atoms with Crippen LogP contribution in [0.15, 0.2) is 30.3 Å². The van der Waals surface area contributed by atoms with Crippen LogP contribution in [-0.2, 0) is 4.79 Å². The molecule has 0 bridgehead atoms. The van der Waals surface area contributed by atoms with Gasteiger partial charge < -0.3 is 15.3 Å². The molecule has 0 aliphatic carbocycles. The summed E-state index contributed by atoms with van der Waals surface area (Å²) in [7, 11) is 2.06. The van der Waals surface area contributed by atoms with E-state index in [9.17, 15) is 4.79 Å². The summed E-state index contributed by atoms with van der Waals surface area (Å²) in [6.45, 7) is 3.72. The number of carboxylic acids is 1. The van der Waals surface area contributed by atoms with Crippen LogP contribution >= 0.6 is 0 Å². The van der Waals surface area contributed by atoms with Crippen LogP contribution in [0.1, 0.15) is 32.6 Å². The second kappa shape index (κ2) is 9.37. The molecule has 4 heteroatoms. The summed E-state index contributed by atoms with van der Waals surface area (Å²) in [6.07, 6.45) is 3.62. The molecule has 0 aliphatic rings. The molecule has 2 N–H and O–H groups in total. The molecule has 1 rings (SSSR count). The third kappa shape index (κ3) is 6.06. The lowest BCUT2D eigenvalue weighted by molar-refractivity contribution is -0.139. The molecular formula is C16H26N2O2. The highest BCUT2D eigenvalue weighted by Gasteiger charge is 2.15. The van der Waals surface area contributed by atoms with E-state index < -0.39 is 12.0 Å². The molecule has 1 atom stereocenters. The smallest absolute Gasteiger partial charge is 0.320 e. The van der Waals surface area contributed by atoms with Gasteiger partial charge in [0.25, 0.3) is 0 Å². The van der Waals surface area contributed by atoms with Crippen molar-refractivity contribution in [2.75, 3.05) is 25.0 Å². The van der Waals surface area contributed by atoms with Gasteiger partial charge in [0.05, 0.1) is 0 Å². The van der Waals surface area contributed by atoms with Crippen LogP contribution in [0, 0.1) is 0 Å². The van der Waals surface area contributed by atoms with Crippen LogP contribution < -0.4 is 10.2 Å². The van der Waals surface area contributed by atoms with Gasteiger partial charge in [0.15, 0.2) is 0 Å². The summed E-state index contributed by atoms with van der Waals surface area (Å²) >= 11 is 0. The zero-order chi connectivity index (χ0) is 14.8. The van der Waals surface area contributed by atoms with Crippen LogP contribution in [0.2, 0.25) is 0 Å². The van der Waals surface area contributed by atoms with E-state index in [-0.39, 0.29) is 0 Å². The Morgan fingerprint density at radius 1 is 1.30 bits per heavy atom. The molecule has 1 aromatic rings. The zero-order valence-electron chi connectivity index (χ0n) is 12.5. The van der Waals surface area contributed by atoms with Crippen molar-refractivity contribution in [3.63, 3.8) is 0 Å². The number of anilines is 1. The molecule has 0 saturated heterocycles. The predicted molar refractivity (Wildman–Crippen MR) is 83.3 cm³/mol. The number of para-hydroxylation sites is 1. The Balaban J connectivity index is 2.24. The fraction of sp³-hybridized carbons (Fsp3) is 0.562. The van der Waals surface area contributed by atoms with E-state index >= 15 is 0 Å². The zero-order valence-corrected chi connectivity index (χ0v) is 12.5. The number of hydrogen-bond donors (Lipinski definition) is 2. The minimum Gasteiger partial charge on any atom is -0.480 e. The van der Waals surface area contributed by atoms with Crippen LogP contribution in [0.3, 0.4) is 0 Å². The highest BCUT2D eigenvalue weighted by atomic mass is 16.4. The number of rotatable bonds is 10. The van der Waals surface area contributed by atoms with Gasteiger partial charge >= 0.3 is 5.97 Å². The molecule has 1 unspecified atom stereocenters. The quantitative estimate of drug-likeness (QED) is 0.646. The molecular weight excluding hydrogens is 252 g/mol. The normalized spacial score (nSPS) is 12.1. The summed E-state index contributed by atoms with van der Waals surface area (Å²) in [4.78, 5) is 13.3. The fourth-order valence-corrected chi connectivity index (χ4v) is 2.13. The van der Waals surface area contributed by atoms with Gasteiger partial charge in [-0.05, 0) is 31.5 Å². The summed E-state index contributed by atoms with van der Waals surface area (Å²) < 4.78 is 0. The molecule has 0 radical (unpaired) electrons. The molecule has 20 heavy (non-hydrogen) atoms. The number of carboxylic acid groups (broad SMARTS) is 1. The van der Waals surface area contributed by atoms with E-state index in [0.717, 1.165) is 32.4 Å². The predicted octanol–water partition coefficient (Wildman–Crippen LogP) is 2.75. The van der Waals surface area contributed by atoms with Crippen LogP contribution in [0.5, 0.6) is 0 Å². The number of nitrogens with one attached hydrogen (secondary N) is 1. The molecule has 0 saturated carbocycles. The second-order valence-corrected chi connectivity index (χ2v) is 5.10. The van der Waals surface area contributed by atoms with Crippen molar-refractivity contribution in [1.82, 2.24) is 5.32 Å². The minimum atomic E-state index is -0.741. The Kier molecular flexibility index (Phi) is 7.73. The number of aliphatic carboxylic acids is 1. The lowest BCUT2D eigenvalue weighted by Crippen LogP contribution is -2.38. The maximum absolute atomic E-state index is 11.1. The highest BCUT2D eigenvalue weighted by Crippen LogP contribution is 2.10. The van der Waals surface area contributed by atoms with Crippen LogP contribution in [-0.4, -0.2) is 37.3 Å². The average molecular weight is 278 g/mol. The topological polar surface area (TPSA) is 52.6 Å². The van der Waals surface area contributed by atoms with Crippen molar-refractivity contribution in [3.8, 4) is 0 Å². The number of hydrogen-bond acceptors (Lipinski definition) is 3. The molecule has 4 nitrogen and oxygen atoms in total. The monoisotopic (exact) mass is 278 g/mol. The summed E-state index contributed by atoms with van der Waals surface area (Å²) in [5, 5.41) is 12.2. The van der Waals surface area contributed by atoms with Gasteiger partial charge in [-0.15, -0.1) is 0 Å². The third-order valence-corrected chi connectivity index (χ3v) is 3.40. The van der Waals surface area contributed by atoms with E-state index in [2.05, 4.69) is 36.3 Å². The van der Waals surface area contributed by atoms with Gasteiger partial charge in [-0.3, -0.25) is 4.79 Å². The van der Waals surface area contributed by atoms with Gasteiger partial charge in [0.1, 0.15) is 6.04 Å². The van der Waals surface area contributed by atoms with Crippen molar-refractivity contribution < 1.29 is 9.90 Å². The molecule has 0 fully saturated rings. The third-order valence-electron chi connectivity index (χ3n) is 3.40. The Morgan fingerprint density at radius 2 is 2.00 bits per heavy atom. The lowest BCUT2D eigenvalue weighted by Gasteiger charge is -2.20. The van der Waals surface area contributed by atoms with E-state index in [0.29, 0.717) is 6.42 Å². The van der Waals surface area contributed by atoms with Crippen molar-refractivity contribution >= 4 is 11.7 Å². The van der Waals surface area contributed by atoms with E-state index in [1.807, 2.05) is 18.2 Å². The molecule has 0 spiro atoms. The van der Waals surface area contributed by atoms with E-state index in [1.54, 1.807) is 0 Å². The van der Waals surface area contributed by atoms with Gasteiger partial charge in [-0.1, -0.05) is 38.0 Å².